The number of carbonyl (C=O) groups excluding carboxylic acids is 1. The van der Waals surface area contributed by atoms with Crippen molar-refractivity contribution in [3.63, 3.8) is 0 Å². The van der Waals surface area contributed by atoms with Gasteiger partial charge in [-0.05, 0) is 33.6 Å². The number of nitrogens with one attached hydrogen (secondary N) is 1. The van der Waals surface area contributed by atoms with Crippen molar-refractivity contribution in [2.45, 2.75) is 51.7 Å². The summed E-state index contributed by atoms with van der Waals surface area (Å²) in [7, 11) is 0. The Bertz CT molecular complexity index is 173. The Labute approximate surface area is 85.9 Å². The molecule has 0 aliphatic heterocycles. The van der Waals surface area contributed by atoms with Crippen LogP contribution in [0.25, 0.3) is 0 Å². The molecule has 84 valence electrons. The molecule has 0 bridgehead atoms. The van der Waals surface area contributed by atoms with Gasteiger partial charge in [0.15, 0.2) is 0 Å². The number of amides is 1. The third-order valence-corrected chi connectivity index (χ3v) is 1.77. The lowest BCUT2D eigenvalue weighted by molar-refractivity contribution is -0.121. The molecule has 14 heavy (non-hydrogen) atoms. The summed E-state index contributed by atoms with van der Waals surface area (Å²) >= 11 is 0. The lowest BCUT2D eigenvalue weighted by Gasteiger charge is -2.18. The Balaban J connectivity index is 3.47. The Kier molecular flexibility index (Phi) is 5.72. The van der Waals surface area contributed by atoms with Gasteiger partial charge in [0.05, 0.1) is 6.10 Å². The van der Waals surface area contributed by atoms with Crippen molar-refractivity contribution in [2.75, 3.05) is 6.54 Å². The Hall–Kier alpha value is -0.610. The summed E-state index contributed by atoms with van der Waals surface area (Å²) in [6, 6.07) is 0. The summed E-state index contributed by atoms with van der Waals surface area (Å²) in [5.41, 5.74) is 5.34. The minimum atomic E-state index is -0.361. The van der Waals surface area contributed by atoms with Crippen molar-refractivity contribution >= 4 is 5.91 Å². The second-order valence-corrected chi connectivity index (χ2v) is 4.51. The molecule has 0 saturated heterocycles. The van der Waals surface area contributed by atoms with E-state index in [4.69, 9.17) is 10.8 Å². The molecule has 0 aromatic carbocycles. The van der Waals surface area contributed by atoms with Crippen molar-refractivity contribution in [1.29, 1.82) is 0 Å². The SMILES string of the molecule is CC(O)CCCC(=O)NCC(C)(C)N. The van der Waals surface area contributed by atoms with Crippen LogP contribution in [-0.2, 0) is 4.79 Å². The molecule has 0 aromatic heterocycles. The third-order valence-electron chi connectivity index (χ3n) is 1.77. The van der Waals surface area contributed by atoms with E-state index < -0.39 is 0 Å². The quantitative estimate of drug-likeness (QED) is 0.583. The first-order chi connectivity index (χ1) is 6.31. The van der Waals surface area contributed by atoms with Gasteiger partial charge >= 0.3 is 0 Å². The topological polar surface area (TPSA) is 75.3 Å². The second-order valence-electron chi connectivity index (χ2n) is 4.51. The van der Waals surface area contributed by atoms with E-state index in [0.29, 0.717) is 25.8 Å². The van der Waals surface area contributed by atoms with Crippen LogP contribution < -0.4 is 11.1 Å². The fourth-order valence-corrected chi connectivity index (χ4v) is 0.973. The van der Waals surface area contributed by atoms with E-state index in [1.165, 1.54) is 0 Å². The Morgan fingerprint density at radius 2 is 2.14 bits per heavy atom. The molecule has 0 aliphatic rings. The maximum atomic E-state index is 11.2. The summed E-state index contributed by atoms with van der Waals surface area (Å²) in [4.78, 5) is 11.2. The summed E-state index contributed by atoms with van der Waals surface area (Å²) in [5, 5.41) is 11.7. The molecule has 1 amide bonds. The van der Waals surface area contributed by atoms with Crippen LogP contribution in [-0.4, -0.2) is 29.2 Å². The number of hydrogen-bond acceptors (Lipinski definition) is 3. The summed E-state index contributed by atoms with van der Waals surface area (Å²) in [5.74, 6) is 0.00387. The number of carbonyl (C=O) groups is 1. The lowest BCUT2D eigenvalue weighted by atomic mass is 10.1. The van der Waals surface area contributed by atoms with Crippen LogP contribution in [0.5, 0.6) is 0 Å². The molecule has 0 aliphatic carbocycles. The fourth-order valence-electron chi connectivity index (χ4n) is 0.973. The molecular formula is C10H22N2O2. The highest BCUT2D eigenvalue weighted by atomic mass is 16.3. The molecule has 4 nitrogen and oxygen atoms in total. The van der Waals surface area contributed by atoms with E-state index in [1.807, 2.05) is 13.8 Å². The van der Waals surface area contributed by atoms with Crippen LogP contribution in [0.1, 0.15) is 40.0 Å². The number of nitrogens with two attached hydrogens (primary N) is 1. The first kappa shape index (κ1) is 13.4. The van der Waals surface area contributed by atoms with Gasteiger partial charge in [-0.25, -0.2) is 0 Å². The van der Waals surface area contributed by atoms with Crippen LogP contribution >= 0.6 is 0 Å². The van der Waals surface area contributed by atoms with Crippen LogP contribution in [0.3, 0.4) is 0 Å². The van der Waals surface area contributed by atoms with Gasteiger partial charge in [-0.1, -0.05) is 0 Å². The largest absolute Gasteiger partial charge is 0.393 e. The zero-order valence-electron chi connectivity index (χ0n) is 9.34. The minimum absolute atomic E-state index is 0.00387. The van der Waals surface area contributed by atoms with Crippen LogP contribution in [0.4, 0.5) is 0 Å². The van der Waals surface area contributed by atoms with Gasteiger partial charge in [0, 0.05) is 18.5 Å². The maximum absolute atomic E-state index is 11.2. The fraction of sp³-hybridized carbons (Fsp3) is 0.900. The smallest absolute Gasteiger partial charge is 0.220 e. The molecule has 0 fully saturated rings. The maximum Gasteiger partial charge on any atom is 0.220 e. The first-order valence-electron chi connectivity index (χ1n) is 5.05. The van der Waals surface area contributed by atoms with E-state index in [-0.39, 0.29) is 17.6 Å². The standard InChI is InChI=1S/C10H22N2O2/c1-8(13)5-4-6-9(14)12-7-10(2,3)11/h8,13H,4-7,11H2,1-3H3,(H,12,14). The van der Waals surface area contributed by atoms with Gasteiger partial charge in [0.25, 0.3) is 0 Å². The monoisotopic (exact) mass is 202 g/mol. The van der Waals surface area contributed by atoms with Gasteiger partial charge in [-0.2, -0.15) is 0 Å². The van der Waals surface area contributed by atoms with E-state index in [0.717, 1.165) is 0 Å². The number of hydrogen-bond donors (Lipinski definition) is 3. The van der Waals surface area contributed by atoms with Gasteiger partial charge in [0.1, 0.15) is 0 Å². The highest BCUT2D eigenvalue weighted by Crippen LogP contribution is 2.00. The summed E-state index contributed by atoms with van der Waals surface area (Å²) in [6.45, 7) is 5.94. The van der Waals surface area contributed by atoms with Crippen molar-refractivity contribution in [2.24, 2.45) is 5.73 Å². The van der Waals surface area contributed by atoms with E-state index in [1.54, 1.807) is 6.92 Å². The number of aliphatic hydroxyl groups is 1. The van der Waals surface area contributed by atoms with Crippen molar-refractivity contribution < 1.29 is 9.90 Å². The Morgan fingerprint density at radius 1 is 1.57 bits per heavy atom. The average molecular weight is 202 g/mol. The van der Waals surface area contributed by atoms with Crippen LogP contribution in [0.2, 0.25) is 0 Å². The van der Waals surface area contributed by atoms with Gasteiger partial charge in [0.2, 0.25) is 5.91 Å². The normalized spacial score (nSPS) is 13.8. The van der Waals surface area contributed by atoms with Crippen molar-refractivity contribution in [3.05, 3.63) is 0 Å². The van der Waals surface area contributed by atoms with Crippen LogP contribution in [0, 0.1) is 0 Å². The molecule has 0 rings (SSSR count). The molecule has 1 atom stereocenters. The summed E-state index contributed by atoms with van der Waals surface area (Å²) < 4.78 is 0. The molecule has 4 N–H and O–H groups in total. The van der Waals surface area contributed by atoms with E-state index in [9.17, 15) is 4.79 Å². The molecule has 0 aromatic rings. The first-order valence-corrected chi connectivity index (χ1v) is 5.05. The molecule has 0 heterocycles. The lowest BCUT2D eigenvalue weighted by Crippen LogP contribution is -2.45. The van der Waals surface area contributed by atoms with Crippen molar-refractivity contribution in [3.8, 4) is 0 Å². The third kappa shape index (κ3) is 9.48. The summed E-state index contributed by atoms with van der Waals surface area (Å²) in [6.07, 6.45) is 1.52. The second kappa shape index (κ2) is 5.98. The van der Waals surface area contributed by atoms with Gasteiger partial charge < -0.3 is 16.2 Å². The van der Waals surface area contributed by atoms with Gasteiger partial charge in [-0.15, -0.1) is 0 Å². The van der Waals surface area contributed by atoms with Crippen LogP contribution in [0.15, 0.2) is 0 Å². The highest BCUT2D eigenvalue weighted by molar-refractivity contribution is 5.75. The predicted octanol–water partition coefficient (Wildman–Crippen LogP) is 0.391. The highest BCUT2D eigenvalue weighted by Gasteiger charge is 2.11. The number of rotatable bonds is 6. The number of aliphatic hydroxyl groups excluding tert-OH is 1. The molecule has 0 spiro atoms. The Morgan fingerprint density at radius 3 is 2.57 bits per heavy atom. The molecule has 0 saturated carbocycles. The zero-order valence-corrected chi connectivity index (χ0v) is 9.34. The van der Waals surface area contributed by atoms with Crippen molar-refractivity contribution in [1.82, 2.24) is 5.32 Å². The van der Waals surface area contributed by atoms with E-state index >= 15 is 0 Å². The molecular weight excluding hydrogens is 180 g/mol. The van der Waals surface area contributed by atoms with E-state index in [2.05, 4.69) is 5.32 Å². The minimum Gasteiger partial charge on any atom is -0.393 e. The average Bonchev–Trinajstić information content (AvgIpc) is 1.99. The van der Waals surface area contributed by atoms with Gasteiger partial charge in [-0.3, -0.25) is 4.79 Å². The molecule has 4 heteroatoms. The zero-order chi connectivity index (χ0) is 11.2. The molecule has 0 radical (unpaired) electrons. The molecule has 1 unspecified atom stereocenters. The predicted molar refractivity (Wildman–Crippen MR) is 56.8 cm³/mol.